The lowest BCUT2D eigenvalue weighted by Crippen LogP contribution is -2.43. The molecule has 49 heavy (non-hydrogen) atoms. The van der Waals surface area contributed by atoms with E-state index in [0.29, 0.717) is 91.0 Å². The number of aromatic nitrogens is 5. The molecule has 0 amide bonds. The Kier molecular flexibility index (Phi) is 7.36. The van der Waals surface area contributed by atoms with Gasteiger partial charge in [-0.1, -0.05) is 11.2 Å². The Hall–Kier alpha value is -4.52. The summed E-state index contributed by atoms with van der Waals surface area (Å²) in [4.78, 5) is 23.0. The molecule has 8 heterocycles. The maximum atomic E-state index is 17.0. The number of pyridine rings is 1. The highest BCUT2D eigenvalue weighted by molar-refractivity contribution is 6.01. The Bertz CT molecular complexity index is 2090. The van der Waals surface area contributed by atoms with Gasteiger partial charge in [0.2, 0.25) is 5.89 Å². The van der Waals surface area contributed by atoms with Crippen LogP contribution in [0.4, 0.5) is 19.0 Å². The molecule has 2 aromatic carbocycles. The quantitative estimate of drug-likeness (QED) is 0.241. The second-order valence-corrected chi connectivity index (χ2v) is 14.1. The summed E-state index contributed by atoms with van der Waals surface area (Å²) < 4.78 is 59.0. The number of hydrogen-bond acceptors (Lipinski definition) is 10. The third-order valence-electron chi connectivity index (χ3n) is 10.9. The highest BCUT2D eigenvalue weighted by Gasteiger charge is 2.49. The smallest absolute Gasteiger partial charge is 0.319 e. The number of phenols is 1. The van der Waals surface area contributed by atoms with Crippen molar-refractivity contribution in [2.45, 2.75) is 69.5 Å². The van der Waals surface area contributed by atoms with Crippen molar-refractivity contribution in [1.29, 1.82) is 0 Å². The number of piperidine rings is 1. The fourth-order valence-corrected chi connectivity index (χ4v) is 8.67. The first kappa shape index (κ1) is 30.5. The van der Waals surface area contributed by atoms with E-state index in [0.717, 1.165) is 32.2 Å². The highest BCUT2D eigenvalue weighted by atomic mass is 19.1. The lowest BCUT2D eigenvalue weighted by Gasteiger charge is -2.34. The van der Waals surface area contributed by atoms with E-state index in [9.17, 15) is 9.50 Å². The van der Waals surface area contributed by atoms with Gasteiger partial charge in [0, 0.05) is 50.7 Å². The lowest BCUT2D eigenvalue weighted by molar-refractivity contribution is 0.107. The minimum Gasteiger partial charge on any atom is -0.508 e. The average molecular weight is 672 g/mol. The number of benzene rings is 2. The number of aromatic hydroxyl groups is 1. The van der Waals surface area contributed by atoms with Crippen LogP contribution in [0.15, 0.2) is 35.0 Å². The minimum atomic E-state index is -0.921. The largest absolute Gasteiger partial charge is 0.508 e. The molecular weight excluding hydrogens is 635 g/mol. The fraction of sp³-hybridized carbons (Fsp3) is 0.472. The molecule has 3 unspecified atom stereocenters. The third-order valence-corrected chi connectivity index (χ3v) is 10.9. The predicted octanol–water partition coefficient (Wildman–Crippen LogP) is 6.11. The molecular formula is C36H36F3N7O3. The van der Waals surface area contributed by atoms with Gasteiger partial charge in [0.1, 0.15) is 41.4 Å². The maximum Gasteiger partial charge on any atom is 0.319 e. The molecule has 3 fully saturated rings. The topological polar surface area (TPSA) is 114 Å². The summed E-state index contributed by atoms with van der Waals surface area (Å²) in [6.07, 6.45) is 6.51. The normalized spacial score (nSPS) is 24.1. The molecule has 254 valence electrons. The van der Waals surface area contributed by atoms with Crippen molar-refractivity contribution in [2.75, 3.05) is 37.7 Å². The van der Waals surface area contributed by atoms with Crippen molar-refractivity contribution < 1.29 is 27.5 Å². The van der Waals surface area contributed by atoms with Crippen molar-refractivity contribution >= 4 is 27.5 Å². The van der Waals surface area contributed by atoms with E-state index in [2.05, 4.69) is 29.9 Å². The lowest BCUT2D eigenvalue weighted by atomic mass is 9.92. The van der Waals surface area contributed by atoms with Crippen LogP contribution >= 0.6 is 0 Å². The number of rotatable bonds is 3. The second kappa shape index (κ2) is 11.8. The summed E-state index contributed by atoms with van der Waals surface area (Å²) in [5, 5.41) is 16.4. The first-order chi connectivity index (χ1) is 23.8. The summed E-state index contributed by atoms with van der Waals surface area (Å²) in [5.74, 6) is 0.544. The number of nitrogens with zero attached hydrogens (tertiary/aromatic N) is 7. The van der Waals surface area contributed by atoms with Gasteiger partial charge in [0.15, 0.2) is 11.6 Å². The molecule has 3 saturated heterocycles. The van der Waals surface area contributed by atoms with Crippen molar-refractivity contribution in [3.05, 3.63) is 59.4 Å². The van der Waals surface area contributed by atoms with E-state index in [4.69, 9.17) is 14.2 Å². The third kappa shape index (κ3) is 5.33. The molecule has 8 bridgehead atoms. The predicted molar refractivity (Wildman–Crippen MR) is 175 cm³/mol. The minimum absolute atomic E-state index is 0.00826. The Morgan fingerprint density at radius 3 is 2.88 bits per heavy atom. The second-order valence-electron chi connectivity index (χ2n) is 14.1. The van der Waals surface area contributed by atoms with Gasteiger partial charge in [-0.25, -0.2) is 13.2 Å². The van der Waals surface area contributed by atoms with Crippen LogP contribution in [-0.4, -0.2) is 79.6 Å². The van der Waals surface area contributed by atoms with Gasteiger partial charge >= 0.3 is 6.01 Å². The molecule has 3 atom stereocenters. The fourth-order valence-electron chi connectivity index (χ4n) is 8.67. The van der Waals surface area contributed by atoms with Crippen LogP contribution < -0.4 is 9.64 Å². The van der Waals surface area contributed by atoms with Gasteiger partial charge in [-0.05, 0) is 85.5 Å². The van der Waals surface area contributed by atoms with E-state index >= 15 is 8.78 Å². The molecule has 10 rings (SSSR count). The van der Waals surface area contributed by atoms with Crippen LogP contribution in [0.2, 0.25) is 0 Å². The van der Waals surface area contributed by atoms with E-state index in [1.807, 2.05) is 0 Å². The molecule has 1 N–H and O–H groups in total. The Morgan fingerprint density at radius 1 is 1.04 bits per heavy atom. The Morgan fingerprint density at radius 2 is 1.96 bits per heavy atom. The van der Waals surface area contributed by atoms with Crippen molar-refractivity contribution in [3.8, 4) is 23.0 Å². The zero-order chi connectivity index (χ0) is 33.3. The van der Waals surface area contributed by atoms with Crippen LogP contribution in [0.5, 0.6) is 11.8 Å². The molecule has 5 aliphatic rings. The molecule has 3 aromatic heterocycles. The van der Waals surface area contributed by atoms with Gasteiger partial charge in [-0.15, -0.1) is 0 Å². The van der Waals surface area contributed by atoms with Crippen LogP contribution in [-0.2, 0) is 19.3 Å². The highest BCUT2D eigenvalue weighted by Crippen LogP contribution is 2.42. The summed E-state index contributed by atoms with van der Waals surface area (Å²) in [6, 6.07) is 5.89. The Balaban J connectivity index is 1.22. The summed E-state index contributed by atoms with van der Waals surface area (Å²) in [7, 11) is 0. The molecule has 0 saturated carbocycles. The van der Waals surface area contributed by atoms with Crippen LogP contribution in [0, 0.1) is 17.6 Å². The first-order valence-corrected chi connectivity index (χ1v) is 17.2. The summed E-state index contributed by atoms with van der Waals surface area (Å²) in [5.41, 5.74) is 0.149. The average Bonchev–Trinajstić information content (AvgIpc) is 3.78. The molecule has 0 aliphatic carbocycles. The van der Waals surface area contributed by atoms with Gasteiger partial charge in [-0.3, -0.25) is 9.88 Å². The van der Waals surface area contributed by atoms with Crippen LogP contribution in [0.1, 0.15) is 55.8 Å². The van der Waals surface area contributed by atoms with Gasteiger partial charge in [0.05, 0.1) is 10.9 Å². The number of halogens is 3. The molecule has 5 aliphatic heterocycles. The van der Waals surface area contributed by atoms with Crippen molar-refractivity contribution in [2.24, 2.45) is 5.92 Å². The maximum absolute atomic E-state index is 17.0. The molecule has 5 aromatic rings. The van der Waals surface area contributed by atoms with Crippen molar-refractivity contribution in [1.82, 2.24) is 30.0 Å². The monoisotopic (exact) mass is 671 g/mol. The Labute approximate surface area is 280 Å². The van der Waals surface area contributed by atoms with E-state index in [1.165, 1.54) is 18.2 Å². The summed E-state index contributed by atoms with van der Waals surface area (Å²) in [6.45, 7) is 2.70. The number of phenolic OH excluding ortho intramolecular Hbond substituents is 1. The van der Waals surface area contributed by atoms with Gasteiger partial charge in [-0.2, -0.15) is 15.0 Å². The number of alkyl halides is 1. The number of hydrogen-bond donors (Lipinski definition) is 1. The molecule has 13 heteroatoms. The number of ether oxygens (including phenoxy) is 1. The SMILES string of the molecule is Oc1cc2c3c(c(F)ccc3c1)CCCc1nc(no1)CC1CCCN(C1)c1nc(OCC34CCCN3CC(F)C4)nc3c(F)c-2ncc13. The van der Waals surface area contributed by atoms with E-state index in [-0.39, 0.29) is 41.1 Å². The zero-order valence-corrected chi connectivity index (χ0v) is 27.0. The van der Waals surface area contributed by atoms with E-state index < -0.39 is 23.3 Å². The van der Waals surface area contributed by atoms with Crippen molar-refractivity contribution in [3.63, 3.8) is 0 Å². The molecule has 0 spiro atoms. The van der Waals surface area contributed by atoms with Crippen LogP contribution in [0.25, 0.3) is 32.9 Å². The van der Waals surface area contributed by atoms with Gasteiger partial charge in [0.25, 0.3) is 0 Å². The standard InChI is InChI=1S/C36H36F3N7O3/c37-22-15-36(9-3-11-46(36)18-22)19-48-35-42-33-26-16-40-32(31(33)39)25-14-23(47)13-21-7-8-27(38)24(30(21)25)5-1-6-29-41-28(44-49-29)12-20-4-2-10-45(17-20)34(26)43-35/h7-8,13-14,16,20,22,47H,1-6,9-12,15,17-19H2. The number of fused-ring (bicyclic) bond motifs is 4. The molecule has 10 nitrogen and oxygen atoms in total. The number of anilines is 1. The zero-order valence-electron chi connectivity index (χ0n) is 27.0. The first-order valence-electron chi connectivity index (χ1n) is 17.2. The van der Waals surface area contributed by atoms with Gasteiger partial charge < -0.3 is 19.3 Å². The number of aryl methyl sites for hydroxylation is 2. The molecule has 0 radical (unpaired) electrons. The summed E-state index contributed by atoms with van der Waals surface area (Å²) >= 11 is 0. The van der Waals surface area contributed by atoms with E-state index in [1.54, 1.807) is 12.3 Å². The van der Waals surface area contributed by atoms with Crippen LogP contribution in [0.3, 0.4) is 0 Å².